The molecule has 0 nitrogen and oxygen atoms in total. The summed E-state index contributed by atoms with van der Waals surface area (Å²) in [6.07, 6.45) is 2.41. The summed E-state index contributed by atoms with van der Waals surface area (Å²) in [5.74, 6) is 0.759. The van der Waals surface area contributed by atoms with Gasteiger partial charge in [0.15, 0.2) is 0 Å². The molecule has 0 amide bonds. The first-order valence-electron chi connectivity index (χ1n) is 5.03. The van der Waals surface area contributed by atoms with E-state index in [1.807, 2.05) is 12.1 Å². The minimum atomic E-state index is 0.453. The van der Waals surface area contributed by atoms with E-state index in [1.54, 1.807) is 0 Å². The van der Waals surface area contributed by atoms with Crippen molar-refractivity contribution in [1.29, 1.82) is 0 Å². The molecule has 0 aliphatic carbocycles. The maximum absolute atomic E-state index is 5.83. The van der Waals surface area contributed by atoms with E-state index in [0.29, 0.717) is 4.83 Å². The fourth-order valence-electron chi connectivity index (χ4n) is 1.33. The summed E-state index contributed by atoms with van der Waals surface area (Å²) in [6.45, 7) is 4.51. The molecule has 78 valence electrons. The van der Waals surface area contributed by atoms with Crippen molar-refractivity contribution in [3.63, 3.8) is 0 Å². The molecule has 0 saturated heterocycles. The lowest BCUT2D eigenvalue weighted by Gasteiger charge is -2.14. The number of hydrogen-bond donors (Lipinski definition) is 0. The van der Waals surface area contributed by atoms with E-state index in [9.17, 15) is 0 Å². The highest BCUT2D eigenvalue weighted by molar-refractivity contribution is 9.09. The number of hydrogen-bond acceptors (Lipinski definition) is 0. The molecule has 0 aliphatic rings. The lowest BCUT2D eigenvalue weighted by molar-refractivity contribution is 0.514. The van der Waals surface area contributed by atoms with Gasteiger partial charge in [0.25, 0.3) is 0 Å². The van der Waals surface area contributed by atoms with Gasteiger partial charge in [-0.05, 0) is 30.0 Å². The maximum atomic E-state index is 5.83. The van der Waals surface area contributed by atoms with E-state index in [0.717, 1.165) is 10.9 Å². The van der Waals surface area contributed by atoms with Crippen LogP contribution in [0.1, 0.15) is 37.1 Å². The normalized spacial score (nSPS) is 15.1. The van der Waals surface area contributed by atoms with Crippen molar-refractivity contribution in [3.05, 3.63) is 34.9 Å². The minimum absolute atomic E-state index is 0.453. The fourth-order valence-corrected chi connectivity index (χ4v) is 2.40. The lowest BCUT2D eigenvalue weighted by Crippen LogP contribution is -1.98. The molecular formula is C12H16BrCl. The van der Waals surface area contributed by atoms with Gasteiger partial charge >= 0.3 is 0 Å². The van der Waals surface area contributed by atoms with Crippen LogP contribution in [-0.2, 0) is 0 Å². The molecule has 1 aromatic carbocycles. The molecular weight excluding hydrogens is 259 g/mol. The van der Waals surface area contributed by atoms with E-state index in [4.69, 9.17) is 11.6 Å². The van der Waals surface area contributed by atoms with Gasteiger partial charge in [-0.3, -0.25) is 0 Å². The fraction of sp³-hybridized carbons (Fsp3) is 0.500. The van der Waals surface area contributed by atoms with Crippen LogP contribution in [0.5, 0.6) is 0 Å². The molecule has 0 N–H and O–H groups in total. The molecule has 2 unspecified atom stereocenters. The van der Waals surface area contributed by atoms with Crippen LogP contribution in [0.15, 0.2) is 24.3 Å². The Morgan fingerprint density at radius 2 is 1.86 bits per heavy atom. The van der Waals surface area contributed by atoms with Crippen LogP contribution in [0.4, 0.5) is 0 Å². The maximum Gasteiger partial charge on any atom is 0.0406 e. The van der Waals surface area contributed by atoms with Crippen LogP contribution in [0.25, 0.3) is 0 Å². The first kappa shape index (κ1) is 12.1. The van der Waals surface area contributed by atoms with Crippen molar-refractivity contribution in [1.82, 2.24) is 0 Å². The van der Waals surface area contributed by atoms with Gasteiger partial charge in [0.1, 0.15) is 0 Å². The van der Waals surface area contributed by atoms with E-state index in [-0.39, 0.29) is 0 Å². The van der Waals surface area contributed by atoms with Crippen molar-refractivity contribution < 1.29 is 0 Å². The summed E-state index contributed by atoms with van der Waals surface area (Å²) < 4.78 is 0. The molecule has 0 spiro atoms. The topological polar surface area (TPSA) is 0 Å². The van der Waals surface area contributed by atoms with E-state index in [1.165, 1.54) is 18.4 Å². The lowest BCUT2D eigenvalue weighted by atomic mass is 9.99. The van der Waals surface area contributed by atoms with Gasteiger partial charge in [-0.1, -0.05) is 59.9 Å². The average Bonchev–Trinajstić information content (AvgIpc) is 2.18. The number of benzene rings is 1. The van der Waals surface area contributed by atoms with E-state index in [2.05, 4.69) is 41.9 Å². The molecule has 14 heavy (non-hydrogen) atoms. The zero-order valence-corrected chi connectivity index (χ0v) is 11.0. The third-order valence-corrected chi connectivity index (χ3v) is 3.69. The Labute approximate surface area is 99.8 Å². The minimum Gasteiger partial charge on any atom is -0.0843 e. The van der Waals surface area contributed by atoms with Crippen LogP contribution in [0, 0.1) is 5.92 Å². The quantitative estimate of drug-likeness (QED) is 0.662. The molecule has 0 heterocycles. The second-order valence-corrected chi connectivity index (χ2v) is 5.31. The molecule has 1 rings (SSSR count). The highest BCUT2D eigenvalue weighted by Gasteiger charge is 2.10. The zero-order chi connectivity index (χ0) is 10.6. The Morgan fingerprint density at radius 1 is 1.29 bits per heavy atom. The van der Waals surface area contributed by atoms with Gasteiger partial charge in [-0.15, -0.1) is 0 Å². The largest absolute Gasteiger partial charge is 0.0843 e. The van der Waals surface area contributed by atoms with Gasteiger partial charge < -0.3 is 0 Å². The Bertz CT molecular complexity index is 268. The monoisotopic (exact) mass is 274 g/mol. The molecule has 0 aliphatic heterocycles. The summed E-state index contributed by atoms with van der Waals surface area (Å²) >= 11 is 9.54. The molecule has 0 fully saturated rings. The van der Waals surface area contributed by atoms with Crippen LogP contribution in [0.2, 0.25) is 5.02 Å². The predicted molar refractivity (Wildman–Crippen MR) is 67.2 cm³/mol. The predicted octanol–water partition coefficient (Wildman–Crippen LogP) is 5.21. The smallest absolute Gasteiger partial charge is 0.0406 e. The van der Waals surface area contributed by atoms with Crippen molar-refractivity contribution in [3.8, 4) is 0 Å². The Balaban J connectivity index is 2.60. The SMILES string of the molecule is CCC(C)CC(Br)c1ccc(Cl)cc1. The zero-order valence-electron chi connectivity index (χ0n) is 8.63. The summed E-state index contributed by atoms with van der Waals surface area (Å²) in [4.78, 5) is 0.453. The summed E-state index contributed by atoms with van der Waals surface area (Å²) in [5, 5.41) is 0.803. The molecule has 0 bridgehead atoms. The molecule has 2 atom stereocenters. The van der Waals surface area contributed by atoms with Crippen molar-refractivity contribution >= 4 is 27.5 Å². The van der Waals surface area contributed by atoms with Gasteiger partial charge in [0.05, 0.1) is 0 Å². The highest BCUT2D eigenvalue weighted by Crippen LogP contribution is 2.31. The molecule has 0 radical (unpaired) electrons. The Kier molecular flexibility index (Phi) is 4.97. The summed E-state index contributed by atoms with van der Waals surface area (Å²) in [5.41, 5.74) is 1.31. The van der Waals surface area contributed by atoms with Gasteiger partial charge in [-0.2, -0.15) is 0 Å². The number of alkyl halides is 1. The van der Waals surface area contributed by atoms with Gasteiger partial charge in [-0.25, -0.2) is 0 Å². The van der Waals surface area contributed by atoms with Crippen molar-refractivity contribution in [2.75, 3.05) is 0 Å². The first-order valence-corrected chi connectivity index (χ1v) is 6.32. The van der Waals surface area contributed by atoms with E-state index < -0.39 is 0 Å². The molecule has 2 heteroatoms. The van der Waals surface area contributed by atoms with Gasteiger partial charge in [0.2, 0.25) is 0 Å². The van der Waals surface area contributed by atoms with Crippen LogP contribution in [-0.4, -0.2) is 0 Å². The van der Waals surface area contributed by atoms with E-state index >= 15 is 0 Å². The average molecular weight is 276 g/mol. The highest BCUT2D eigenvalue weighted by atomic mass is 79.9. The van der Waals surface area contributed by atoms with Crippen LogP contribution in [0.3, 0.4) is 0 Å². The number of halogens is 2. The standard InChI is InChI=1S/C12H16BrCl/c1-3-9(2)8-12(13)10-4-6-11(14)7-5-10/h4-7,9,12H,3,8H2,1-2H3. The van der Waals surface area contributed by atoms with Crippen molar-refractivity contribution in [2.24, 2.45) is 5.92 Å². The van der Waals surface area contributed by atoms with Crippen molar-refractivity contribution in [2.45, 2.75) is 31.5 Å². The summed E-state index contributed by atoms with van der Waals surface area (Å²) in [6, 6.07) is 8.07. The van der Waals surface area contributed by atoms with Crippen LogP contribution < -0.4 is 0 Å². The molecule has 1 aromatic rings. The Morgan fingerprint density at radius 3 is 2.36 bits per heavy atom. The summed E-state index contributed by atoms with van der Waals surface area (Å²) in [7, 11) is 0. The molecule has 0 aromatic heterocycles. The molecule has 0 saturated carbocycles. The van der Waals surface area contributed by atoms with Crippen LogP contribution >= 0.6 is 27.5 Å². The first-order chi connectivity index (χ1) is 6.63. The third kappa shape index (κ3) is 3.62. The number of rotatable bonds is 4. The van der Waals surface area contributed by atoms with Gasteiger partial charge in [0, 0.05) is 9.85 Å². The third-order valence-electron chi connectivity index (χ3n) is 2.54. The second-order valence-electron chi connectivity index (χ2n) is 3.77. The second kappa shape index (κ2) is 5.77. The Hall–Kier alpha value is -0.0100.